The van der Waals surface area contributed by atoms with Crippen LogP contribution in [0.1, 0.15) is 5.56 Å². The number of ether oxygens (including phenoxy) is 1. The molecule has 88 valence electrons. The second-order valence-electron chi connectivity index (χ2n) is 4.26. The van der Waals surface area contributed by atoms with Crippen molar-refractivity contribution in [3.05, 3.63) is 35.9 Å². The first kappa shape index (κ1) is 11.6. The Labute approximate surface area is 97.2 Å². The molecule has 1 aromatic rings. The molecule has 2 rings (SSSR count). The predicted molar refractivity (Wildman–Crippen MR) is 65.4 cm³/mol. The SMILES string of the molecule is NCC1CN(CCc2ccccc2)CCO1. The molecule has 1 fully saturated rings. The van der Waals surface area contributed by atoms with Crippen LogP contribution >= 0.6 is 0 Å². The Morgan fingerprint density at radius 1 is 1.31 bits per heavy atom. The molecule has 0 bridgehead atoms. The third-order valence-electron chi connectivity index (χ3n) is 3.05. The maximum atomic E-state index is 5.62. The maximum Gasteiger partial charge on any atom is 0.0824 e. The molecule has 1 atom stereocenters. The molecule has 0 radical (unpaired) electrons. The van der Waals surface area contributed by atoms with Gasteiger partial charge in [0.25, 0.3) is 0 Å². The molecule has 2 N–H and O–H groups in total. The molecule has 1 aromatic carbocycles. The van der Waals surface area contributed by atoms with Gasteiger partial charge in [0, 0.05) is 26.2 Å². The summed E-state index contributed by atoms with van der Waals surface area (Å²) in [6, 6.07) is 10.6. The molecule has 0 spiro atoms. The van der Waals surface area contributed by atoms with Crippen LogP contribution in [0.15, 0.2) is 30.3 Å². The quantitative estimate of drug-likeness (QED) is 0.819. The minimum absolute atomic E-state index is 0.226. The molecule has 1 heterocycles. The number of nitrogens with two attached hydrogens (primary N) is 1. The molecule has 0 aromatic heterocycles. The Hall–Kier alpha value is -0.900. The third-order valence-corrected chi connectivity index (χ3v) is 3.05. The zero-order chi connectivity index (χ0) is 11.2. The minimum Gasteiger partial charge on any atom is -0.374 e. The number of morpholine rings is 1. The summed E-state index contributed by atoms with van der Waals surface area (Å²) in [6.07, 6.45) is 1.34. The monoisotopic (exact) mass is 220 g/mol. The van der Waals surface area contributed by atoms with Gasteiger partial charge in [-0.1, -0.05) is 30.3 Å². The molecule has 1 saturated heterocycles. The summed E-state index contributed by atoms with van der Waals surface area (Å²) in [5.41, 5.74) is 7.02. The highest BCUT2D eigenvalue weighted by atomic mass is 16.5. The lowest BCUT2D eigenvalue weighted by Crippen LogP contribution is -2.46. The van der Waals surface area contributed by atoms with Crippen LogP contribution in [0.2, 0.25) is 0 Å². The summed E-state index contributed by atoms with van der Waals surface area (Å²) in [7, 11) is 0. The predicted octanol–water partition coefficient (Wildman–Crippen LogP) is 0.889. The zero-order valence-electron chi connectivity index (χ0n) is 9.64. The number of rotatable bonds is 4. The van der Waals surface area contributed by atoms with Gasteiger partial charge in [0.2, 0.25) is 0 Å². The molecule has 1 aliphatic rings. The summed E-state index contributed by atoms with van der Waals surface area (Å²) < 4.78 is 5.54. The smallest absolute Gasteiger partial charge is 0.0824 e. The first-order chi connectivity index (χ1) is 7.88. The van der Waals surface area contributed by atoms with E-state index in [4.69, 9.17) is 10.5 Å². The Morgan fingerprint density at radius 2 is 2.12 bits per heavy atom. The maximum absolute atomic E-state index is 5.62. The number of benzene rings is 1. The van der Waals surface area contributed by atoms with E-state index in [1.165, 1.54) is 5.56 Å². The number of hydrogen-bond donors (Lipinski definition) is 1. The van der Waals surface area contributed by atoms with Crippen molar-refractivity contribution >= 4 is 0 Å². The van der Waals surface area contributed by atoms with E-state index in [1.807, 2.05) is 0 Å². The normalized spacial score (nSPS) is 22.2. The van der Waals surface area contributed by atoms with E-state index in [-0.39, 0.29) is 6.10 Å². The second kappa shape index (κ2) is 5.99. The average Bonchev–Trinajstić information content (AvgIpc) is 2.38. The Bertz CT molecular complexity index is 302. The summed E-state index contributed by atoms with van der Waals surface area (Å²) in [4.78, 5) is 2.44. The van der Waals surface area contributed by atoms with E-state index in [0.29, 0.717) is 6.54 Å². The van der Waals surface area contributed by atoms with Crippen molar-refractivity contribution in [2.45, 2.75) is 12.5 Å². The molecular weight excluding hydrogens is 200 g/mol. The van der Waals surface area contributed by atoms with Gasteiger partial charge in [-0.3, -0.25) is 4.90 Å². The van der Waals surface area contributed by atoms with Crippen LogP contribution in [0.4, 0.5) is 0 Å². The fourth-order valence-electron chi connectivity index (χ4n) is 2.06. The Balaban J connectivity index is 1.77. The summed E-state index contributed by atoms with van der Waals surface area (Å²) in [5, 5.41) is 0. The van der Waals surface area contributed by atoms with Gasteiger partial charge in [0.05, 0.1) is 12.7 Å². The summed E-state index contributed by atoms with van der Waals surface area (Å²) in [6.45, 7) is 4.55. The first-order valence-electron chi connectivity index (χ1n) is 5.96. The highest BCUT2D eigenvalue weighted by Gasteiger charge is 2.18. The molecular formula is C13H20N2O. The van der Waals surface area contributed by atoms with Crippen LogP contribution in [0.3, 0.4) is 0 Å². The molecule has 3 nitrogen and oxygen atoms in total. The largest absolute Gasteiger partial charge is 0.374 e. The molecule has 1 unspecified atom stereocenters. The van der Waals surface area contributed by atoms with Crippen molar-refractivity contribution in [2.24, 2.45) is 5.73 Å². The first-order valence-corrected chi connectivity index (χ1v) is 5.96. The highest BCUT2D eigenvalue weighted by molar-refractivity contribution is 5.14. The lowest BCUT2D eigenvalue weighted by molar-refractivity contribution is -0.0226. The van der Waals surface area contributed by atoms with E-state index in [1.54, 1.807) is 0 Å². The van der Waals surface area contributed by atoms with Crippen molar-refractivity contribution in [1.29, 1.82) is 0 Å². The number of hydrogen-bond acceptors (Lipinski definition) is 3. The van der Waals surface area contributed by atoms with Crippen molar-refractivity contribution in [2.75, 3.05) is 32.8 Å². The van der Waals surface area contributed by atoms with E-state index in [0.717, 1.165) is 32.7 Å². The van der Waals surface area contributed by atoms with Crippen molar-refractivity contribution < 1.29 is 4.74 Å². The van der Waals surface area contributed by atoms with Crippen LogP contribution < -0.4 is 5.73 Å². The van der Waals surface area contributed by atoms with Gasteiger partial charge in [0.1, 0.15) is 0 Å². The van der Waals surface area contributed by atoms with Crippen LogP contribution in [-0.4, -0.2) is 43.8 Å². The van der Waals surface area contributed by atoms with Gasteiger partial charge in [0.15, 0.2) is 0 Å². The van der Waals surface area contributed by atoms with Gasteiger partial charge in [-0.25, -0.2) is 0 Å². The van der Waals surface area contributed by atoms with Gasteiger partial charge < -0.3 is 10.5 Å². The van der Waals surface area contributed by atoms with E-state index in [9.17, 15) is 0 Å². The fourth-order valence-corrected chi connectivity index (χ4v) is 2.06. The van der Waals surface area contributed by atoms with Gasteiger partial charge in [-0.15, -0.1) is 0 Å². The van der Waals surface area contributed by atoms with Gasteiger partial charge >= 0.3 is 0 Å². The lowest BCUT2D eigenvalue weighted by atomic mass is 10.1. The molecule has 3 heteroatoms. The fraction of sp³-hybridized carbons (Fsp3) is 0.538. The van der Waals surface area contributed by atoms with E-state index in [2.05, 4.69) is 35.2 Å². The summed E-state index contributed by atoms with van der Waals surface area (Å²) >= 11 is 0. The van der Waals surface area contributed by atoms with Crippen LogP contribution in [0, 0.1) is 0 Å². The molecule has 1 aliphatic heterocycles. The average molecular weight is 220 g/mol. The second-order valence-corrected chi connectivity index (χ2v) is 4.26. The molecule has 0 amide bonds. The summed E-state index contributed by atoms with van der Waals surface area (Å²) in [5.74, 6) is 0. The van der Waals surface area contributed by atoms with Crippen molar-refractivity contribution in [1.82, 2.24) is 4.90 Å². The van der Waals surface area contributed by atoms with Crippen LogP contribution in [0.5, 0.6) is 0 Å². The standard InChI is InChI=1S/C13H20N2O/c14-10-13-11-15(8-9-16-13)7-6-12-4-2-1-3-5-12/h1-5,13H,6-11,14H2. The zero-order valence-corrected chi connectivity index (χ0v) is 9.64. The third kappa shape index (κ3) is 3.30. The Morgan fingerprint density at radius 3 is 2.88 bits per heavy atom. The van der Waals surface area contributed by atoms with Crippen molar-refractivity contribution in [3.63, 3.8) is 0 Å². The molecule has 16 heavy (non-hydrogen) atoms. The minimum atomic E-state index is 0.226. The Kier molecular flexibility index (Phi) is 4.34. The molecule has 0 saturated carbocycles. The van der Waals surface area contributed by atoms with E-state index >= 15 is 0 Å². The van der Waals surface area contributed by atoms with Crippen LogP contribution in [-0.2, 0) is 11.2 Å². The highest BCUT2D eigenvalue weighted by Crippen LogP contribution is 2.06. The molecule has 0 aliphatic carbocycles. The van der Waals surface area contributed by atoms with E-state index < -0.39 is 0 Å². The van der Waals surface area contributed by atoms with Gasteiger partial charge in [-0.05, 0) is 12.0 Å². The topological polar surface area (TPSA) is 38.5 Å². The van der Waals surface area contributed by atoms with Crippen molar-refractivity contribution in [3.8, 4) is 0 Å². The van der Waals surface area contributed by atoms with Gasteiger partial charge in [-0.2, -0.15) is 0 Å². The lowest BCUT2D eigenvalue weighted by Gasteiger charge is -2.32. The van der Waals surface area contributed by atoms with Crippen LogP contribution in [0.25, 0.3) is 0 Å². The number of nitrogens with zero attached hydrogens (tertiary/aromatic N) is 1.